The van der Waals surface area contributed by atoms with E-state index in [4.69, 9.17) is 0 Å². The Morgan fingerprint density at radius 1 is 0.733 bits per heavy atom. The molecule has 150 valence electrons. The Morgan fingerprint density at radius 3 is 1.63 bits per heavy atom. The molecule has 0 fully saturated rings. The highest BCUT2D eigenvalue weighted by Crippen LogP contribution is 2.16. The van der Waals surface area contributed by atoms with E-state index in [0.29, 0.717) is 0 Å². The molecule has 2 aromatic heterocycles. The Hall–Kier alpha value is -4.20. The number of nitrogens with zero attached hydrogens (tertiary/aromatic N) is 2. The van der Waals surface area contributed by atoms with E-state index in [1.54, 1.807) is 12.4 Å². The third-order valence-electron chi connectivity index (χ3n) is 4.61. The summed E-state index contributed by atoms with van der Waals surface area (Å²) >= 11 is 0. The summed E-state index contributed by atoms with van der Waals surface area (Å²) < 4.78 is 0. The fraction of sp³-hybridized carbons (Fsp3) is 0.0909. The van der Waals surface area contributed by atoms with Gasteiger partial charge in [-0.2, -0.15) is 10.2 Å². The van der Waals surface area contributed by atoms with E-state index < -0.39 is 0 Å². The number of nitrogens with one attached hydrogen (secondary N) is 4. The van der Waals surface area contributed by atoms with E-state index in [0.717, 1.165) is 32.9 Å². The second-order valence-electron chi connectivity index (χ2n) is 6.67. The monoisotopic (exact) mass is 400 g/mol. The van der Waals surface area contributed by atoms with Gasteiger partial charge in [-0.15, -0.1) is 0 Å². The number of para-hydroxylation sites is 2. The molecule has 0 saturated carbocycles. The number of hydrogen-bond acceptors (Lipinski definition) is 4. The van der Waals surface area contributed by atoms with Gasteiger partial charge < -0.3 is 9.97 Å². The molecule has 0 aliphatic heterocycles. The van der Waals surface area contributed by atoms with Gasteiger partial charge in [0.05, 0.1) is 12.4 Å². The maximum Gasteiger partial charge on any atom is 0.240 e. The minimum atomic E-state index is -0.346. The molecule has 0 saturated heterocycles. The summed E-state index contributed by atoms with van der Waals surface area (Å²) in [6.45, 7) is 0. The molecule has 4 rings (SSSR count). The lowest BCUT2D eigenvalue weighted by Gasteiger charge is -2.00. The molecule has 0 spiro atoms. The van der Waals surface area contributed by atoms with Crippen molar-refractivity contribution in [1.29, 1.82) is 0 Å². The van der Waals surface area contributed by atoms with Crippen LogP contribution in [0.25, 0.3) is 21.8 Å². The zero-order valence-corrected chi connectivity index (χ0v) is 16.1. The number of rotatable bonds is 7. The fourth-order valence-corrected chi connectivity index (χ4v) is 3.09. The summed E-state index contributed by atoms with van der Waals surface area (Å²) in [5.74, 6) is -0.691. The minimum absolute atomic E-state index is 0.0136. The maximum atomic E-state index is 11.9. The molecule has 2 amide bonds. The quantitative estimate of drug-likeness (QED) is 0.282. The Labute approximate surface area is 172 Å². The topological polar surface area (TPSA) is 114 Å². The number of hydrogen-bond donors (Lipinski definition) is 4. The van der Waals surface area contributed by atoms with Crippen molar-refractivity contribution < 1.29 is 9.59 Å². The molecule has 4 aromatic rings. The zero-order chi connectivity index (χ0) is 20.8. The summed E-state index contributed by atoms with van der Waals surface area (Å²) in [6, 6.07) is 15.6. The van der Waals surface area contributed by atoms with Gasteiger partial charge in [0, 0.05) is 58.2 Å². The first-order chi connectivity index (χ1) is 14.7. The van der Waals surface area contributed by atoms with Crippen molar-refractivity contribution in [3.8, 4) is 0 Å². The highest BCUT2D eigenvalue weighted by atomic mass is 16.2. The van der Waals surface area contributed by atoms with Crippen LogP contribution in [0.1, 0.15) is 24.0 Å². The van der Waals surface area contributed by atoms with Crippen LogP contribution in [0, 0.1) is 0 Å². The van der Waals surface area contributed by atoms with Crippen molar-refractivity contribution in [2.75, 3.05) is 0 Å². The van der Waals surface area contributed by atoms with Crippen LogP contribution >= 0.6 is 0 Å². The summed E-state index contributed by atoms with van der Waals surface area (Å²) in [7, 11) is 0. The lowest BCUT2D eigenvalue weighted by atomic mass is 10.2. The molecule has 2 aromatic carbocycles. The van der Waals surface area contributed by atoms with E-state index in [9.17, 15) is 9.59 Å². The van der Waals surface area contributed by atoms with Gasteiger partial charge in [0.1, 0.15) is 0 Å². The van der Waals surface area contributed by atoms with E-state index in [2.05, 4.69) is 31.0 Å². The van der Waals surface area contributed by atoms with Crippen LogP contribution in [0.5, 0.6) is 0 Å². The van der Waals surface area contributed by atoms with E-state index in [-0.39, 0.29) is 24.7 Å². The second-order valence-corrected chi connectivity index (χ2v) is 6.67. The first kappa shape index (κ1) is 19.1. The third kappa shape index (κ3) is 4.44. The predicted molar refractivity (Wildman–Crippen MR) is 117 cm³/mol. The number of carbonyl (C=O) groups excluding carboxylic acids is 2. The molecule has 8 heteroatoms. The molecule has 0 unspecified atom stereocenters. The van der Waals surface area contributed by atoms with Crippen LogP contribution in [0.15, 0.2) is 71.1 Å². The number of amides is 2. The average Bonchev–Trinajstić information content (AvgIpc) is 3.37. The third-order valence-corrected chi connectivity index (χ3v) is 4.61. The lowest BCUT2D eigenvalue weighted by Crippen LogP contribution is -2.22. The molecule has 30 heavy (non-hydrogen) atoms. The van der Waals surface area contributed by atoms with Gasteiger partial charge >= 0.3 is 0 Å². The van der Waals surface area contributed by atoms with Crippen molar-refractivity contribution in [2.24, 2.45) is 10.2 Å². The maximum absolute atomic E-state index is 11.9. The van der Waals surface area contributed by atoms with Gasteiger partial charge in [-0.1, -0.05) is 36.4 Å². The standard InChI is InChI=1S/C22H20N6O2/c29-21(27-25-13-15-11-23-19-7-3-1-5-17(15)19)9-10-22(30)28-26-14-16-12-24-20-8-4-2-6-18(16)20/h1-8,11-14,23-24H,9-10H2,(H,27,29)(H,28,30)/b25-13-,26-14+. The highest BCUT2D eigenvalue weighted by Gasteiger charge is 2.06. The number of fused-ring (bicyclic) bond motifs is 2. The van der Waals surface area contributed by atoms with E-state index >= 15 is 0 Å². The number of H-pyrrole nitrogens is 2. The summed E-state index contributed by atoms with van der Waals surface area (Å²) in [5, 5.41) is 9.95. The van der Waals surface area contributed by atoms with Crippen LogP contribution in [-0.4, -0.2) is 34.2 Å². The number of hydrazone groups is 2. The van der Waals surface area contributed by atoms with Gasteiger partial charge in [0.2, 0.25) is 11.8 Å². The van der Waals surface area contributed by atoms with Crippen LogP contribution < -0.4 is 10.9 Å². The Balaban J connectivity index is 1.22. The Morgan fingerprint density at radius 2 is 1.17 bits per heavy atom. The average molecular weight is 400 g/mol. The van der Waals surface area contributed by atoms with Gasteiger partial charge in [0.15, 0.2) is 0 Å². The number of aromatic nitrogens is 2. The number of carbonyl (C=O) groups is 2. The summed E-state index contributed by atoms with van der Waals surface area (Å²) in [4.78, 5) is 30.0. The van der Waals surface area contributed by atoms with Crippen LogP contribution in [0.2, 0.25) is 0 Å². The second kappa shape index (κ2) is 8.87. The minimum Gasteiger partial charge on any atom is -0.361 e. The molecular weight excluding hydrogens is 380 g/mol. The number of benzene rings is 2. The summed E-state index contributed by atoms with van der Waals surface area (Å²) in [6.07, 6.45) is 6.81. The molecule has 0 aliphatic rings. The molecule has 0 atom stereocenters. The van der Waals surface area contributed by atoms with Crippen molar-refractivity contribution in [1.82, 2.24) is 20.8 Å². The molecule has 0 aliphatic carbocycles. The zero-order valence-electron chi connectivity index (χ0n) is 16.1. The van der Waals surface area contributed by atoms with Gasteiger partial charge in [-0.25, -0.2) is 10.9 Å². The molecular formula is C22H20N6O2. The molecule has 2 heterocycles. The SMILES string of the molecule is O=C(CCC(=O)N/N=C/c1c[nH]c2ccccc12)N/N=C\c1c[nH]c2ccccc12. The lowest BCUT2D eigenvalue weighted by molar-refractivity contribution is -0.126. The largest absolute Gasteiger partial charge is 0.361 e. The molecule has 0 radical (unpaired) electrons. The van der Waals surface area contributed by atoms with Crippen molar-refractivity contribution in [2.45, 2.75) is 12.8 Å². The van der Waals surface area contributed by atoms with E-state index in [1.165, 1.54) is 0 Å². The van der Waals surface area contributed by atoms with Gasteiger partial charge in [-0.3, -0.25) is 9.59 Å². The smallest absolute Gasteiger partial charge is 0.240 e. The Kier molecular flexibility index (Phi) is 5.66. The van der Waals surface area contributed by atoms with Gasteiger partial charge in [-0.05, 0) is 12.1 Å². The van der Waals surface area contributed by atoms with Crippen LogP contribution in [-0.2, 0) is 9.59 Å². The first-order valence-electron chi connectivity index (χ1n) is 9.47. The van der Waals surface area contributed by atoms with Crippen LogP contribution in [0.4, 0.5) is 0 Å². The molecule has 4 N–H and O–H groups in total. The van der Waals surface area contributed by atoms with Gasteiger partial charge in [0.25, 0.3) is 0 Å². The summed E-state index contributed by atoms with van der Waals surface area (Å²) in [5.41, 5.74) is 8.60. The number of aromatic amines is 2. The first-order valence-corrected chi connectivity index (χ1v) is 9.47. The van der Waals surface area contributed by atoms with Crippen molar-refractivity contribution >= 4 is 46.0 Å². The normalized spacial score (nSPS) is 11.6. The van der Waals surface area contributed by atoms with Crippen molar-refractivity contribution in [3.05, 3.63) is 72.1 Å². The predicted octanol–water partition coefficient (Wildman–Crippen LogP) is 3.03. The van der Waals surface area contributed by atoms with Crippen LogP contribution in [0.3, 0.4) is 0 Å². The fourth-order valence-electron chi connectivity index (χ4n) is 3.09. The van der Waals surface area contributed by atoms with E-state index in [1.807, 2.05) is 60.9 Å². The molecule has 0 bridgehead atoms. The van der Waals surface area contributed by atoms with Crippen molar-refractivity contribution in [3.63, 3.8) is 0 Å². The Bertz CT molecular complexity index is 1150. The highest BCUT2D eigenvalue weighted by molar-refractivity contribution is 6.00. The molecule has 8 nitrogen and oxygen atoms in total.